The molecule has 0 bridgehead atoms. The van der Waals surface area contributed by atoms with Crippen LogP contribution in [0.2, 0.25) is 0 Å². The van der Waals surface area contributed by atoms with Crippen LogP contribution in [0.3, 0.4) is 0 Å². The van der Waals surface area contributed by atoms with Crippen LogP contribution < -0.4 is 14.8 Å². The maximum Gasteiger partial charge on any atom is 0.231 e. The van der Waals surface area contributed by atoms with Gasteiger partial charge in [-0.25, -0.2) is 0 Å². The van der Waals surface area contributed by atoms with Gasteiger partial charge in [0.1, 0.15) is 0 Å². The molecule has 0 atom stereocenters. The van der Waals surface area contributed by atoms with Crippen LogP contribution in [0.15, 0.2) is 46.9 Å². The summed E-state index contributed by atoms with van der Waals surface area (Å²) in [7, 11) is 0. The van der Waals surface area contributed by atoms with E-state index in [1.807, 2.05) is 24.3 Å². The number of nitrogens with one attached hydrogen (secondary N) is 1. The first-order valence-electron chi connectivity index (χ1n) is 6.15. The number of fused-ring (bicyclic) bond motifs is 1. The van der Waals surface area contributed by atoms with Crippen molar-refractivity contribution in [2.24, 2.45) is 0 Å². The lowest BCUT2D eigenvalue weighted by Gasteiger charge is -2.06. The first kappa shape index (κ1) is 13.0. The summed E-state index contributed by atoms with van der Waals surface area (Å²) in [4.78, 5) is 12.0. The molecule has 1 aliphatic heterocycles. The summed E-state index contributed by atoms with van der Waals surface area (Å²) in [5, 5.41) is 2.85. The van der Waals surface area contributed by atoms with Gasteiger partial charge in [-0.15, -0.1) is 0 Å². The van der Waals surface area contributed by atoms with E-state index in [0.717, 1.165) is 10.0 Å². The molecule has 0 saturated heterocycles. The molecule has 0 fully saturated rings. The van der Waals surface area contributed by atoms with E-state index in [0.29, 0.717) is 23.6 Å². The van der Waals surface area contributed by atoms with E-state index in [-0.39, 0.29) is 12.7 Å². The highest BCUT2D eigenvalue weighted by molar-refractivity contribution is 9.10. The molecule has 3 rings (SSSR count). The Morgan fingerprint density at radius 3 is 2.65 bits per heavy atom. The van der Waals surface area contributed by atoms with Gasteiger partial charge in [0.05, 0.1) is 6.42 Å². The van der Waals surface area contributed by atoms with E-state index in [4.69, 9.17) is 9.47 Å². The summed E-state index contributed by atoms with van der Waals surface area (Å²) < 4.78 is 11.5. The topological polar surface area (TPSA) is 47.6 Å². The first-order chi connectivity index (χ1) is 9.70. The summed E-state index contributed by atoms with van der Waals surface area (Å²) in [6.07, 6.45) is 0.335. The summed E-state index contributed by atoms with van der Waals surface area (Å²) >= 11 is 3.37. The zero-order valence-electron chi connectivity index (χ0n) is 10.6. The molecule has 0 radical (unpaired) electrons. The molecule has 0 unspecified atom stereocenters. The number of halogens is 1. The summed E-state index contributed by atoms with van der Waals surface area (Å²) in [5.41, 5.74) is 1.67. The third-order valence-electron chi connectivity index (χ3n) is 2.93. The minimum atomic E-state index is -0.0637. The van der Waals surface area contributed by atoms with E-state index in [9.17, 15) is 4.79 Å². The van der Waals surface area contributed by atoms with Crippen LogP contribution in [0, 0.1) is 0 Å². The molecular weight excluding hydrogens is 322 g/mol. The number of benzene rings is 2. The fraction of sp³-hybridized carbons (Fsp3) is 0.133. The first-order valence-corrected chi connectivity index (χ1v) is 6.94. The average Bonchev–Trinajstić information content (AvgIpc) is 2.89. The van der Waals surface area contributed by atoms with Gasteiger partial charge in [0.15, 0.2) is 11.5 Å². The molecule has 0 aliphatic carbocycles. The van der Waals surface area contributed by atoms with Gasteiger partial charge in [-0.2, -0.15) is 0 Å². The SMILES string of the molecule is O=C(Cc1ccc(Br)cc1)Nc1ccc2c(c1)OCO2. The Morgan fingerprint density at radius 1 is 1.10 bits per heavy atom. The van der Waals surface area contributed by atoms with Crippen LogP contribution in [0.25, 0.3) is 0 Å². The van der Waals surface area contributed by atoms with Gasteiger partial charge >= 0.3 is 0 Å². The molecule has 5 heteroatoms. The highest BCUT2D eigenvalue weighted by atomic mass is 79.9. The number of hydrogen-bond acceptors (Lipinski definition) is 3. The van der Waals surface area contributed by atoms with Crippen molar-refractivity contribution in [2.45, 2.75) is 6.42 Å². The van der Waals surface area contributed by atoms with Crippen LogP contribution in [-0.2, 0) is 11.2 Å². The van der Waals surface area contributed by atoms with Crippen molar-refractivity contribution in [2.75, 3.05) is 12.1 Å². The van der Waals surface area contributed by atoms with Gasteiger partial charge in [-0.05, 0) is 29.8 Å². The monoisotopic (exact) mass is 333 g/mol. The lowest BCUT2D eigenvalue weighted by molar-refractivity contribution is -0.115. The second kappa shape index (κ2) is 5.54. The summed E-state index contributed by atoms with van der Waals surface area (Å²) in [6, 6.07) is 13.0. The van der Waals surface area contributed by atoms with Crippen LogP contribution in [0.4, 0.5) is 5.69 Å². The fourth-order valence-electron chi connectivity index (χ4n) is 1.97. The van der Waals surface area contributed by atoms with E-state index in [1.54, 1.807) is 18.2 Å². The molecular formula is C15H12BrNO3. The smallest absolute Gasteiger partial charge is 0.231 e. The van der Waals surface area contributed by atoms with E-state index in [2.05, 4.69) is 21.2 Å². The summed E-state index contributed by atoms with van der Waals surface area (Å²) in [5.74, 6) is 1.30. The van der Waals surface area contributed by atoms with Crippen molar-refractivity contribution in [1.29, 1.82) is 0 Å². The molecule has 1 N–H and O–H groups in total. The second-order valence-electron chi connectivity index (χ2n) is 4.42. The minimum Gasteiger partial charge on any atom is -0.454 e. The van der Waals surface area contributed by atoms with E-state index >= 15 is 0 Å². The normalized spacial score (nSPS) is 12.2. The highest BCUT2D eigenvalue weighted by Crippen LogP contribution is 2.34. The Hall–Kier alpha value is -2.01. The number of carbonyl (C=O) groups excluding carboxylic acids is 1. The molecule has 20 heavy (non-hydrogen) atoms. The number of ether oxygens (including phenoxy) is 2. The molecule has 4 nitrogen and oxygen atoms in total. The maximum absolute atomic E-state index is 12.0. The molecule has 1 aliphatic rings. The molecule has 1 amide bonds. The molecule has 2 aromatic carbocycles. The average molecular weight is 334 g/mol. The maximum atomic E-state index is 12.0. The van der Waals surface area contributed by atoms with Crippen molar-refractivity contribution >= 4 is 27.5 Å². The van der Waals surface area contributed by atoms with Crippen LogP contribution in [0.1, 0.15) is 5.56 Å². The Kier molecular flexibility index (Phi) is 3.60. The predicted octanol–water partition coefficient (Wildman–Crippen LogP) is 3.36. The number of anilines is 1. The van der Waals surface area contributed by atoms with Gasteiger partial charge < -0.3 is 14.8 Å². The van der Waals surface area contributed by atoms with Gasteiger partial charge in [0, 0.05) is 16.2 Å². The molecule has 0 aromatic heterocycles. The van der Waals surface area contributed by atoms with E-state index < -0.39 is 0 Å². The van der Waals surface area contributed by atoms with Gasteiger partial charge in [0.2, 0.25) is 12.7 Å². The second-order valence-corrected chi connectivity index (χ2v) is 5.34. The van der Waals surface area contributed by atoms with Gasteiger partial charge in [-0.1, -0.05) is 28.1 Å². The molecule has 102 valence electrons. The highest BCUT2D eigenvalue weighted by Gasteiger charge is 2.14. The van der Waals surface area contributed by atoms with Crippen molar-refractivity contribution in [1.82, 2.24) is 0 Å². The van der Waals surface area contributed by atoms with Crippen molar-refractivity contribution in [3.05, 3.63) is 52.5 Å². The quantitative estimate of drug-likeness (QED) is 0.936. The van der Waals surface area contributed by atoms with Crippen LogP contribution >= 0.6 is 15.9 Å². The fourth-order valence-corrected chi connectivity index (χ4v) is 2.23. The predicted molar refractivity (Wildman–Crippen MR) is 79.0 cm³/mol. The Balaban J connectivity index is 1.65. The lowest BCUT2D eigenvalue weighted by Crippen LogP contribution is -2.14. The molecule has 0 saturated carbocycles. The van der Waals surface area contributed by atoms with Crippen molar-refractivity contribution in [3.63, 3.8) is 0 Å². The Morgan fingerprint density at radius 2 is 1.85 bits per heavy atom. The molecule has 2 aromatic rings. The zero-order valence-corrected chi connectivity index (χ0v) is 12.1. The molecule has 0 spiro atoms. The van der Waals surface area contributed by atoms with Crippen molar-refractivity contribution in [3.8, 4) is 11.5 Å². The van der Waals surface area contributed by atoms with Crippen LogP contribution in [0.5, 0.6) is 11.5 Å². The Labute approximate surface area is 124 Å². The standard InChI is InChI=1S/C15H12BrNO3/c16-11-3-1-10(2-4-11)7-15(18)17-12-5-6-13-14(8-12)20-9-19-13/h1-6,8H,7,9H2,(H,17,18). The lowest BCUT2D eigenvalue weighted by atomic mass is 10.1. The number of amides is 1. The third-order valence-corrected chi connectivity index (χ3v) is 3.46. The van der Waals surface area contributed by atoms with Crippen molar-refractivity contribution < 1.29 is 14.3 Å². The summed E-state index contributed by atoms with van der Waals surface area (Å²) in [6.45, 7) is 0.228. The number of carbonyl (C=O) groups is 1. The van der Waals surface area contributed by atoms with E-state index in [1.165, 1.54) is 0 Å². The van der Waals surface area contributed by atoms with Gasteiger partial charge in [0.25, 0.3) is 0 Å². The largest absolute Gasteiger partial charge is 0.454 e. The number of hydrogen-bond donors (Lipinski definition) is 1. The zero-order chi connectivity index (χ0) is 13.9. The third kappa shape index (κ3) is 2.93. The molecule has 1 heterocycles. The Bertz CT molecular complexity index is 640. The van der Waals surface area contributed by atoms with Gasteiger partial charge in [-0.3, -0.25) is 4.79 Å². The number of rotatable bonds is 3. The minimum absolute atomic E-state index is 0.0637. The van der Waals surface area contributed by atoms with Crippen LogP contribution in [-0.4, -0.2) is 12.7 Å².